The number of halogens is 3. The number of alkyl halides is 3. The summed E-state index contributed by atoms with van der Waals surface area (Å²) in [5, 5.41) is 2.85. The molecule has 0 aliphatic carbocycles. The minimum atomic E-state index is -4.88. The summed E-state index contributed by atoms with van der Waals surface area (Å²) in [7, 11) is 0. The van der Waals surface area contributed by atoms with Gasteiger partial charge < -0.3 is 10.1 Å². The Morgan fingerprint density at radius 2 is 1.62 bits per heavy atom. The molecule has 1 fully saturated rings. The molecule has 1 atom stereocenters. The van der Waals surface area contributed by atoms with Crippen LogP contribution in [-0.2, 0) is 16.0 Å². The van der Waals surface area contributed by atoms with Gasteiger partial charge in [-0.3, -0.25) is 19.5 Å². The molecule has 1 saturated heterocycles. The van der Waals surface area contributed by atoms with E-state index in [0.29, 0.717) is 5.56 Å². The van der Waals surface area contributed by atoms with Gasteiger partial charge in [-0.2, -0.15) is 0 Å². The highest BCUT2D eigenvalue weighted by molar-refractivity contribution is 6.23. The summed E-state index contributed by atoms with van der Waals surface area (Å²) in [5.74, 6) is -1.48. The van der Waals surface area contributed by atoms with E-state index in [1.807, 2.05) is 6.07 Å². The number of imide groups is 1. The van der Waals surface area contributed by atoms with Gasteiger partial charge in [0.15, 0.2) is 0 Å². The Balaban J connectivity index is 1.65. The molecule has 0 bridgehead atoms. The van der Waals surface area contributed by atoms with Gasteiger partial charge in [0, 0.05) is 12.4 Å². The highest BCUT2D eigenvalue weighted by Gasteiger charge is 2.55. The van der Waals surface area contributed by atoms with E-state index in [4.69, 9.17) is 0 Å². The minimum absolute atomic E-state index is 0.0449. The van der Waals surface area contributed by atoms with E-state index >= 15 is 0 Å². The molecule has 37 heavy (non-hydrogen) atoms. The number of hydrogen-bond donors (Lipinski definition) is 1. The number of amides is 4. The molecular weight excluding hydrogens is 489 g/mol. The zero-order chi connectivity index (χ0) is 26.8. The van der Waals surface area contributed by atoms with E-state index in [0.717, 1.165) is 22.6 Å². The van der Waals surface area contributed by atoms with Crippen LogP contribution in [0.5, 0.6) is 5.75 Å². The number of ether oxygens (including phenoxy) is 1. The predicted molar refractivity (Wildman–Crippen MR) is 127 cm³/mol. The molecule has 11 heteroatoms. The molecule has 4 amide bonds. The van der Waals surface area contributed by atoms with Crippen LogP contribution in [-0.4, -0.2) is 39.6 Å². The van der Waals surface area contributed by atoms with Crippen LogP contribution in [0.2, 0.25) is 0 Å². The van der Waals surface area contributed by atoms with E-state index in [1.54, 1.807) is 36.4 Å². The van der Waals surface area contributed by atoms with Crippen LogP contribution < -0.4 is 15.0 Å². The summed E-state index contributed by atoms with van der Waals surface area (Å²) in [6.07, 6.45) is -2.86. The SMILES string of the molecule is CC1(C)C(=O)N(c2ccc(OC(F)(F)F)cc2)C(=O)N1C(NC(=O)Cc1ccccc1)c1ccncc1. The second-order valence-electron chi connectivity index (χ2n) is 8.81. The summed E-state index contributed by atoms with van der Waals surface area (Å²) >= 11 is 0. The fourth-order valence-corrected chi connectivity index (χ4v) is 4.10. The van der Waals surface area contributed by atoms with Crippen molar-refractivity contribution in [1.82, 2.24) is 15.2 Å². The summed E-state index contributed by atoms with van der Waals surface area (Å²) in [5.41, 5.74) is -0.0726. The summed E-state index contributed by atoms with van der Waals surface area (Å²) < 4.78 is 41.4. The third-order valence-corrected chi connectivity index (χ3v) is 5.84. The lowest BCUT2D eigenvalue weighted by Crippen LogP contribution is -2.52. The molecule has 4 rings (SSSR count). The molecule has 0 radical (unpaired) electrons. The van der Waals surface area contributed by atoms with Crippen molar-refractivity contribution in [1.29, 1.82) is 0 Å². The lowest BCUT2D eigenvalue weighted by atomic mass is 10.0. The quantitative estimate of drug-likeness (QED) is 0.468. The molecule has 2 heterocycles. The third-order valence-electron chi connectivity index (χ3n) is 5.84. The molecule has 3 aromatic rings. The number of aromatic nitrogens is 1. The standard InChI is InChI=1S/C26H23F3N4O4/c1-25(2)23(35)32(19-8-10-20(11-9-19)37-26(27,28)29)24(36)33(25)22(18-12-14-30-15-13-18)31-21(34)16-17-6-4-3-5-7-17/h3-15,22H,16H2,1-2H3,(H,31,34). The van der Waals surface area contributed by atoms with Crippen molar-refractivity contribution in [3.8, 4) is 5.75 Å². The lowest BCUT2D eigenvalue weighted by Gasteiger charge is -2.36. The lowest BCUT2D eigenvalue weighted by molar-refractivity contribution is -0.274. The third kappa shape index (κ3) is 5.55. The summed E-state index contributed by atoms with van der Waals surface area (Å²) in [6.45, 7) is 3.07. The molecule has 1 aliphatic rings. The van der Waals surface area contributed by atoms with Crippen molar-refractivity contribution < 1.29 is 32.3 Å². The van der Waals surface area contributed by atoms with Gasteiger partial charge in [-0.1, -0.05) is 30.3 Å². The van der Waals surface area contributed by atoms with E-state index in [-0.39, 0.29) is 18.0 Å². The number of hydrogen-bond acceptors (Lipinski definition) is 5. The number of urea groups is 1. The van der Waals surface area contributed by atoms with Crippen LogP contribution in [0.3, 0.4) is 0 Å². The largest absolute Gasteiger partial charge is 0.573 e. The number of pyridine rings is 1. The fraction of sp³-hybridized carbons (Fsp3) is 0.231. The number of benzene rings is 2. The van der Waals surface area contributed by atoms with Crippen molar-refractivity contribution >= 4 is 23.5 Å². The normalized spacial score (nSPS) is 16.0. The highest BCUT2D eigenvalue weighted by atomic mass is 19.4. The Labute approximate surface area is 210 Å². The number of nitrogens with one attached hydrogen (secondary N) is 1. The number of carbonyl (C=O) groups is 3. The van der Waals surface area contributed by atoms with Crippen LogP contribution in [0.4, 0.5) is 23.7 Å². The Morgan fingerprint density at radius 3 is 2.22 bits per heavy atom. The van der Waals surface area contributed by atoms with Gasteiger partial charge in [-0.05, 0) is 61.4 Å². The Bertz CT molecular complexity index is 1280. The van der Waals surface area contributed by atoms with Crippen LogP contribution in [0.1, 0.15) is 31.1 Å². The predicted octanol–water partition coefficient (Wildman–Crippen LogP) is 4.59. The number of rotatable bonds is 7. The Hall–Kier alpha value is -4.41. The molecule has 192 valence electrons. The topological polar surface area (TPSA) is 91.8 Å². The van der Waals surface area contributed by atoms with Gasteiger partial charge in [-0.15, -0.1) is 13.2 Å². The zero-order valence-corrected chi connectivity index (χ0v) is 19.9. The van der Waals surface area contributed by atoms with Crippen molar-refractivity contribution in [3.63, 3.8) is 0 Å². The second-order valence-corrected chi connectivity index (χ2v) is 8.81. The maximum absolute atomic E-state index is 13.7. The minimum Gasteiger partial charge on any atom is -0.406 e. The van der Waals surface area contributed by atoms with Crippen molar-refractivity contribution in [3.05, 3.63) is 90.3 Å². The van der Waals surface area contributed by atoms with Crippen LogP contribution >= 0.6 is 0 Å². The molecular formula is C26H23F3N4O4. The van der Waals surface area contributed by atoms with E-state index in [1.165, 1.54) is 43.3 Å². The molecule has 0 spiro atoms. The van der Waals surface area contributed by atoms with Crippen LogP contribution in [0.15, 0.2) is 79.1 Å². The average Bonchev–Trinajstić information content (AvgIpc) is 3.02. The van der Waals surface area contributed by atoms with Crippen molar-refractivity contribution in [2.24, 2.45) is 0 Å². The zero-order valence-electron chi connectivity index (χ0n) is 19.9. The van der Waals surface area contributed by atoms with Gasteiger partial charge in [0.1, 0.15) is 17.5 Å². The molecule has 8 nitrogen and oxygen atoms in total. The molecule has 1 N–H and O–H groups in total. The fourth-order valence-electron chi connectivity index (χ4n) is 4.10. The second kappa shape index (κ2) is 9.92. The molecule has 2 aromatic carbocycles. The van der Waals surface area contributed by atoms with Gasteiger partial charge >= 0.3 is 12.4 Å². The van der Waals surface area contributed by atoms with Crippen LogP contribution in [0.25, 0.3) is 0 Å². The molecule has 1 aliphatic heterocycles. The van der Waals surface area contributed by atoms with Gasteiger partial charge in [0.2, 0.25) is 5.91 Å². The van der Waals surface area contributed by atoms with E-state index in [9.17, 15) is 27.6 Å². The number of carbonyl (C=O) groups excluding carboxylic acids is 3. The first kappa shape index (κ1) is 25.7. The summed E-state index contributed by atoms with van der Waals surface area (Å²) in [4.78, 5) is 46.1. The monoisotopic (exact) mass is 512 g/mol. The van der Waals surface area contributed by atoms with E-state index < -0.39 is 35.8 Å². The average molecular weight is 512 g/mol. The molecule has 0 saturated carbocycles. The van der Waals surface area contributed by atoms with Gasteiger partial charge in [-0.25, -0.2) is 9.69 Å². The van der Waals surface area contributed by atoms with Gasteiger partial charge in [0.25, 0.3) is 5.91 Å². The van der Waals surface area contributed by atoms with E-state index in [2.05, 4.69) is 15.0 Å². The number of nitrogens with zero attached hydrogens (tertiary/aromatic N) is 3. The number of anilines is 1. The summed E-state index contributed by atoms with van der Waals surface area (Å²) in [6, 6.07) is 15.9. The first-order valence-electron chi connectivity index (χ1n) is 11.2. The van der Waals surface area contributed by atoms with Crippen molar-refractivity contribution in [2.75, 3.05) is 4.90 Å². The first-order valence-corrected chi connectivity index (χ1v) is 11.2. The molecule has 1 unspecified atom stereocenters. The van der Waals surface area contributed by atoms with Crippen molar-refractivity contribution in [2.45, 2.75) is 38.3 Å². The van der Waals surface area contributed by atoms with Crippen LogP contribution in [0, 0.1) is 0 Å². The van der Waals surface area contributed by atoms with Gasteiger partial charge in [0.05, 0.1) is 12.1 Å². The maximum Gasteiger partial charge on any atom is 0.573 e. The Morgan fingerprint density at radius 1 is 1.00 bits per heavy atom. The highest BCUT2D eigenvalue weighted by Crippen LogP contribution is 2.38. The Kier molecular flexibility index (Phi) is 6.88. The first-order chi connectivity index (χ1) is 17.5. The maximum atomic E-state index is 13.7. The molecule has 1 aromatic heterocycles. The smallest absolute Gasteiger partial charge is 0.406 e.